The second kappa shape index (κ2) is 5.42. The fraction of sp³-hybridized carbons (Fsp3) is 0.810. The lowest BCUT2D eigenvalue weighted by Crippen LogP contribution is -2.57. The summed E-state index contributed by atoms with van der Waals surface area (Å²) < 4.78 is 0. The van der Waals surface area contributed by atoms with Crippen molar-refractivity contribution in [3.63, 3.8) is 0 Å². The first kappa shape index (κ1) is 17.7. The number of rotatable bonds is 1. The molecule has 0 amide bonds. The predicted octanol–water partition coefficient (Wildman–Crippen LogP) is 4.40. The van der Waals surface area contributed by atoms with Crippen LogP contribution in [0.4, 0.5) is 0 Å². The maximum atomic E-state index is 12.2. The minimum Gasteiger partial charge on any atom is -0.382 e. The molecule has 4 aliphatic rings. The van der Waals surface area contributed by atoms with Crippen molar-refractivity contribution in [1.82, 2.24) is 0 Å². The molecule has 4 aliphatic carbocycles. The summed E-state index contributed by atoms with van der Waals surface area (Å²) in [5, 5.41) is 11.7. The highest BCUT2D eigenvalue weighted by Crippen LogP contribution is 2.68. The molecule has 3 saturated carbocycles. The van der Waals surface area contributed by atoms with E-state index >= 15 is 0 Å². The molecule has 0 aromatic carbocycles. The van der Waals surface area contributed by atoms with Crippen LogP contribution in [0.15, 0.2) is 10.6 Å². The topological polar surface area (TPSA) is 54.4 Å². The molecule has 1 N–H and O–H groups in total. The van der Waals surface area contributed by atoms with Gasteiger partial charge < -0.3 is 5.11 Å². The number of allylic oxidation sites excluding steroid dienone is 1. The molecule has 0 saturated heterocycles. The Kier molecular flexibility index (Phi) is 3.84. The molecule has 6 atom stereocenters. The summed E-state index contributed by atoms with van der Waals surface area (Å²) in [4.78, 5) is 24.3. The van der Waals surface area contributed by atoms with Crippen molar-refractivity contribution in [2.24, 2.45) is 28.6 Å². The molecule has 0 radical (unpaired) electrons. The number of carbonyl (C=O) groups is 2. The third-order valence-electron chi connectivity index (χ3n) is 8.79. The lowest BCUT2D eigenvalue weighted by molar-refractivity contribution is -0.160. The number of hydrogen-bond donors (Lipinski definition) is 1. The van der Waals surface area contributed by atoms with Gasteiger partial charge in [0.05, 0.1) is 5.03 Å². The molecular formula is C21H29ClO3. The van der Waals surface area contributed by atoms with E-state index in [-0.39, 0.29) is 22.4 Å². The SMILES string of the molecule is CC(=O)[C@@]1(O)CCC2C3CCC4=C(Cl)C(=O)CCC4(C)C3CCC21C. The molecule has 4 heteroatoms. The quantitative estimate of drug-likeness (QED) is 0.750. The van der Waals surface area contributed by atoms with Gasteiger partial charge in [-0.25, -0.2) is 0 Å². The molecule has 4 rings (SSSR count). The van der Waals surface area contributed by atoms with Gasteiger partial charge in [-0.05, 0) is 80.6 Å². The normalized spacial score (nSPS) is 49.5. The Labute approximate surface area is 155 Å². The first-order valence-electron chi connectivity index (χ1n) is 9.81. The predicted molar refractivity (Wildman–Crippen MR) is 97.1 cm³/mol. The highest BCUT2D eigenvalue weighted by atomic mass is 35.5. The van der Waals surface area contributed by atoms with Crippen molar-refractivity contribution < 1.29 is 14.7 Å². The Morgan fingerprint density at radius 3 is 2.44 bits per heavy atom. The van der Waals surface area contributed by atoms with Crippen LogP contribution in [-0.2, 0) is 9.59 Å². The second-order valence-corrected chi connectivity index (χ2v) is 9.84. The molecule has 0 heterocycles. The zero-order valence-corrected chi connectivity index (χ0v) is 16.3. The molecule has 138 valence electrons. The van der Waals surface area contributed by atoms with E-state index in [9.17, 15) is 14.7 Å². The van der Waals surface area contributed by atoms with E-state index in [1.807, 2.05) is 0 Å². The summed E-state index contributed by atoms with van der Waals surface area (Å²) in [6.07, 6.45) is 6.84. The zero-order valence-electron chi connectivity index (χ0n) is 15.5. The fourth-order valence-electron chi connectivity index (χ4n) is 7.24. The molecule has 0 bridgehead atoms. The molecular weight excluding hydrogens is 336 g/mol. The van der Waals surface area contributed by atoms with E-state index in [1.54, 1.807) is 6.92 Å². The number of aliphatic hydroxyl groups is 1. The number of carbonyl (C=O) groups excluding carboxylic acids is 2. The van der Waals surface area contributed by atoms with Gasteiger partial charge in [0, 0.05) is 11.8 Å². The van der Waals surface area contributed by atoms with E-state index in [1.165, 1.54) is 5.57 Å². The van der Waals surface area contributed by atoms with Crippen LogP contribution >= 0.6 is 11.6 Å². The monoisotopic (exact) mass is 364 g/mol. The highest BCUT2D eigenvalue weighted by Gasteiger charge is 2.65. The van der Waals surface area contributed by atoms with Crippen molar-refractivity contribution in [3.8, 4) is 0 Å². The number of halogens is 1. The van der Waals surface area contributed by atoms with Gasteiger partial charge in [-0.2, -0.15) is 0 Å². The van der Waals surface area contributed by atoms with E-state index in [2.05, 4.69) is 13.8 Å². The zero-order chi connectivity index (χ0) is 18.2. The van der Waals surface area contributed by atoms with Crippen molar-refractivity contribution in [2.45, 2.75) is 77.7 Å². The fourth-order valence-corrected chi connectivity index (χ4v) is 7.65. The number of hydrogen-bond acceptors (Lipinski definition) is 3. The lowest BCUT2D eigenvalue weighted by Gasteiger charge is -2.59. The van der Waals surface area contributed by atoms with Crippen LogP contribution in [0, 0.1) is 28.6 Å². The van der Waals surface area contributed by atoms with Crippen LogP contribution in [0.3, 0.4) is 0 Å². The van der Waals surface area contributed by atoms with Gasteiger partial charge in [0.25, 0.3) is 0 Å². The number of Topliss-reactive ketones (excluding diaryl/α,β-unsaturated/α-hetero) is 2. The molecule has 0 aromatic rings. The summed E-state index contributed by atoms with van der Waals surface area (Å²) in [6, 6.07) is 0. The van der Waals surface area contributed by atoms with Gasteiger partial charge in [-0.3, -0.25) is 9.59 Å². The van der Waals surface area contributed by atoms with Crippen LogP contribution in [0.25, 0.3) is 0 Å². The van der Waals surface area contributed by atoms with Gasteiger partial charge in [-0.1, -0.05) is 25.4 Å². The summed E-state index contributed by atoms with van der Waals surface area (Å²) in [6.45, 7) is 6.01. The minimum atomic E-state index is -1.15. The molecule has 0 aliphatic heterocycles. The number of ketones is 2. The second-order valence-electron chi connectivity index (χ2n) is 9.46. The third kappa shape index (κ3) is 2.09. The van der Waals surface area contributed by atoms with Crippen LogP contribution in [-0.4, -0.2) is 22.3 Å². The van der Waals surface area contributed by atoms with Crippen molar-refractivity contribution in [3.05, 3.63) is 10.6 Å². The summed E-state index contributed by atoms with van der Waals surface area (Å²) in [7, 11) is 0. The van der Waals surface area contributed by atoms with Crippen LogP contribution in [0.1, 0.15) is 72.1 Å². The summed E-state index contributed by atoms with van der Waals surface area (Å²) >= 11 is 6.43. The van der Waals surface area contributed by atoms with Crippen LogP contribution in [0.2, 0.25) is 0 Å². The Hall–Kier alpha value is -0.670. The van der Waals surface area contributed by atoms with Gasteiger partial charge in [0.2, 0.25) is 0 Å². The highest BCUT2D eigenvalue weighted by molar-refractivity contribution is 6.43. The average Bonchev–Trinajstić information content (AvgIpc) is 2.84. The van der Waals surface area contributed by atoms with Crippen molar-refractivity contribution >= 4 is 23.2 Å². The number of fused-ring (bicyclic) bond motifs is 5. The van der Waals surface area contributed by atoms with Crippen molar-refractivity contribution in [2.75, 3.05) is 0 Å². The Bertz CT molecular complexity index is 683. The molecule has 3 fully saturated rings. The van der Waals surface area contributed by atoms with E-state index in [0.29, 0.717) is 35.6 Å². The van der Waals surface area contributed by atoms with Crippen molar-refractivity contribution in [1.29, 1.82) is 0 Å². The summed E-state index contributed by atoms with van der Waals surface area (Å²) in [5.41, 5.74) is -0.243. The Morgan fingerprint density at radius 1 is 1.08 bits per heavy atom. The molecule has 5 unspecified atom stereocenters. The lowest BCUT2D eigenvalue weighted by atomic mass is 9.46. The Morgan fingerprint density at radius 2 is 1.76 bits per heavy atom. The smallest absolute Gasteiger partial charge is 0.174 e. The molecule has 0 aromatic heterocycles. The van der Waals surface area contributed by atoms with Gasteiger partial charge in [-0.15, -0.1) is 0 Å². The standard InChI is InChI=1S/C21H29ClO3/c1-12(23)21(25)11-7-15-13-4-5-16-18(22)17(24)8-9-19(16,2)14(13)6-10-20(15,21)3/h13-15,25H,4-11H2,1-3H3/t13?,14?,15?,19?,20?,21-/m0/s1. The average molecular weight is 365 g/mol. The third-order valence-corrected chi connectivity index (χ3v) is 9.23. The van der Waals surface area contributed by atoms with Crippen LogP contribution < -0.4 is 0 Å². The largest absolute Gasteiger partial charge is 0.382 e. The first-order chi connectivity index (χ1) is 11.6. The van der Waals surface area contributed by atoms with E-state index in [4.69, 9.17) is 11.6 Å². The van der Waals surface area contributed by atoms with Gasteiger partial charge in [0.15, 0.2) is 11.6 Å². The molecule has 3 nitrogen and oxygen atoms in total. The van der Waals surface area contributed by atoms with Crippen LogP contribution in [0.5, 0.6) is 0 Å². The van der Waals surface area contributed by atoms with E-state index < -0.39 is 5.60 Å². The Balaban J connectivity index is 1.72. The first-order valence-corrected chi connectivity index (χ1v) is 10.2. The van der Waals surface area contributed by atoms with E-state index in [0.717, 1.165) is 38.5 Å². The maximum absolute atomic E-state index is 12.2. The maximum Gasteiger partial charge on any atom is 0.174 e. The van der Waals surface area contributed by atoms with Gasteiger partial charge in [0.1, 0.15) is 5.60 Å². The summed E-state index contributed by atoms with van der Waals surface area (Å²) in [5.74, 6) is 1.49. The minimum absolute atomic E-state index is 0.0200. The van der Waals surface area contributed by atoms with Gasteiger partial charge >= 0.3 is 0 Å². The molecule has 25 heavy (non-hydrogen) atoms. The molecule has 0 spiro atoms.